The number of hydrogen-bond acceptors (Lipinski definition) is 8. The number of esters is 2. The van der Waals surface area contributed by atoms with Crippen LogP contribution in [0.3, 0.4) is 0 Å². The summed E-state index contributed by atoms with van der Waals surface area (Å²) in [4.78, 5) is 26.0. The second kappa shape index (κ2) is 11.1. The fourth-order valence-electron chi connectivity index (χ4n) is 4.03. The third kappa shape index (κ3) is 5.75. The van der Waals surface area contributed by atoms with E-state index in [4.69, 9.17) is 46.9 Å². The molecule has 1 saturated heterocycles. The first-order valence-corrected chi connectivity index (χ1v) is 11.6. The van der Waals surface area contributed by atoms with Crippen LogP contribution in [0.4, 0.5) is 0 Å². The molecule has 2 unspecified atom stereocenters. The number of carbonyl (C=O) groups is 2. The first-order chi connectivity index (χ1) is 16.1. The van der Waals surface area contributed by atoms with Crippen LogP contribution >= 0.6 is 23.2 Å². The highest BCUT2D eigenvalue weighted by Crippen LogP contribution is 2.43. The van der Waals surface area contributed by atoms with Crippen LogP contribution in [0.5, 0.6) is 0 Å². The van der Waals surface area contributed by atoms with Gasteiger partial charge in [-0.1, -0.05) is 35.3 Å². The lowest BCUT2D eigenvalue weighted by Crippen LogP contribution is -2.35. The SMILES string of the molecule is CCOC(=O)C1=C(COCC2COC(C)(C)O2)NC(C)=C(C(=O)OC)C1c1cccc(Cl)c1Cl. The minimum Gasteiger partial charge on any atom is -0.466 e. The molecule has 0 amide bonds. The number of benzene rings is 1. The molecule has 186 valence electrons. The Hall–Kier alpha value is -2.10. The molecule has 0 radical (unpaired) electrons. The standard InChI is InChI=1S/C24H29Cl2NO7/c1-6-32-23(29)20-17(12-31-10-14-11-33-24(3,4)34-14)27-13(2)18(22(28)30-5)19(20)15-8-7-9-16(25)21(15)26/h7-9,14,19,27H,6,10-12H2,1-5H3. The minimum atomic E-state index is -0.873. The molecule has 2 heterocycles. The van der Waals surface area contributed by atoms with Crippen molar-refractivity contribution in [2.24, 2.45) is 0 Å². The molecular weight excluding hydrogens is 485 g/mol. The van der Waals surface area contributed by atoms with Gasteiger partial charge in [-0.15, -0.1) is 0 Å². The Morgan fingerprint density at radius 1 is 1.21 bits per heavy atom. The lowest BCUT2D eigenvalue weighted by molar-refractivity contribution is -0.144. The predicted octanol–water partition coefficient (Wildman–Crippen LogP) is 4.11. The molecule has 2 aliphatic rings. The van der Waals surface area contributed by atoms with E-state index in [1.165, 1.54) is 7.11 Å². The van der Waals surface area contributed by atoms with Gasteiger partial charge in [-0.2, -0.15) is 0 Å². The van der Waals surface area contributed by atoms with Crippen molar-refractivity contribution in [1.82, 2.24) is 5.32 Å². The van der Waals surface area contributed by atoms with Crippen molar-refractivity contribution >= 4 is 35.1 Å². The van der Waals surface area contributed by atoms with Gasteiger partial charge in [0.2, 0.25) is 0 Å². The molecule has 8 nitrogen and oxygen atoms in total. The number of ether oxygens (including phenoxy) is 5. The molecule has 1 fully saturated rings. The van der Waals surface area contributed by atoms with Crippen LogP contribution in [0.1, 0.15) is 39.2 Å². The van der Waals surface area contributed by atoms with Gasteiger partial charge in [0.15, 0.2) is 5.79 Å². The van der Waals surface area contributed by atoms with E-state index < -0.39 is 23.6 Å². The molecule has 0 aliphatic carbocycles. The molecule has 3 rings (SSSR count). The Morgan fingerprint density at radius 2 is 1.94 bits per heavy atom. The van der Waals surface area contributed by atoms with Gasteiger partial charge >= 0.3 is 11.9 Å². The van der Waals surface area contributed by atoms with Crippen molar-refractivity contribution in [3.63, 3.8) is 0 Å². The van der Waals surface area contributed by atoms with Crippen LogP contribution in [0.15, 0.2) is 40.7 Å². The summed E-state index contributed by atoms with van der Waals surface area (Å²) < 4.78 is 27.6. The summed E-state index contributed by atoms with van der Waals surface area (Å²) in [6.45, 7) is 7.91. The molecular formula is C24H29Cl2NO7. The number of methoxy groups -OCH3 is 1. The molecule has 2 atom stereocenters. The highest BCUT2D eigenvalue weighted by atomic mass is 35.5. The molecule has 0 saturated carbocycles. The molecule has 0 spiro atoms. The van der Waals surface area contributed by atoms with E-state index >= 15 is 0 Å². The minimum absolute atomic E-state index is 0.0366. The number of nitrogens with one attached hydrogen (secondary N) is 1. The highest BCUT2D eigenvalue weighted by molar-refractivity contribution is 6.42. The van der Waals surface area contributed by atoms with Crippen molar-refractivity contribution in [1.29, 1.82) is 0 Å². The van der Waals surface area contributed by atoms with E-state index in [9.17, 15) is 9.59 Å². The normalized spacial score (nSPS) is 22.0. The Bertz CT molecular complexity index is 1020. The number of allylic oxidation sites excluding steroid dienone is 1. The molecule has 1 N–H and O–H groups in total. The predicted molar refractivity (Wildman–Crippen MR) is 126 cm³/mol. The van der Waals surface area contributed by atoms with Crippen molar-refractivity contribution in [3.8, 4) is 0 Å². The first kappa shape index (κ1) is 26.5. The quantitative estimate of drug-likeness (QED) is 0.519. The van der Waals surface area contributed by atoms with Crippen molar-refractivity contribution in [2.75, 3.05) is 33.5 Å². The van der Waals surface area contributed by atoms with Gasteiger partial charge in [0.25, 0.3) is 0 Å². The fourth-order valence-corrected chi connectivity index (χ4v) is 4.45. The molecule has 0 aromatic heterocycles. The van der Waals surface area contributed by atoms with E-state index in [1.807, 2.05) is 13.8 Å². The summed E-state index contributed by atoms with van der Waals surface area (Å²) in [7, 11) is 1.27. The summed E-state index contributed by atoms with van der Waals surface area (Å²) in [6.07, 6.45) is -0.245. The second-order valence-electron chi connectivity index (χ2n) is 8.31. The monoisotopic (exact) mass is 513 g/mol. The molecule has 1 aromatic carbocycles. The number of carbonyl (C=O) groups excluding carboxylic acids is 2. The Kier molecular flexibility index (Phi) is 8.65. The zero-order valence-corrected chi connectivity index (χ0v) is 21.3. The third-order valence-corrected chi connectivity index (χ3v) is 6.29. The molecule has 0 bridgehead atoms. The van der Waals surface area contributed by atoms with E-state index in [-0.39, 0.29) is 42.1 Å². The van der Waals surface area contributed by atoms with E-state index in [0.717, 1.165) is 0 Å². The largest absolute Gasteiger partial charge is 0.466 e. The van der Waals surface area contributed by atoms with Gasteiger partial charge < -0.3 is 29.0 Å². The van der Waals surface area contributed by atoms with Crippen LogP contribution in [0.2, 0.25) is 10.0 Å². The van der Waals surface area contributed by atoms with Crippen LogP contribution in [-0.4, -0.2) is 57.4 Å². The summed E-state index contributed by atoms with van der Waals surface area (Å²) in [5.41, 5.74) is 1.85. The topological polar surface area (TPSA) is 92.3 Å². The first-order valence-electron chi connectivity index (χ1n) is 10.9. The van der Waals surface area contributed by atoms with Crippen LogP contribution in [0, 0.1) is 0 Å². The molecule has 34 heavy (non-hydrogen) atoms. The molecule has 2 aliphatic heterocycles. The van der Waals surface area contributed by atoms with Crippen LogP contribution in [0.25, 0.3) is 0 Å². The number of hydrogen-bond donors (Lipinski definition) is 1. The average Bonchev–Trinajstić information content (AvgIpc) is 3.13. The van der Waals surface area contributed by atoms with Crippen LogP contribution < -0.4 is 5.32 Å². The van der Waals surface area contributed by atoms with E-state index in [0.29, 0.717) is 28.6 Å². The van der Waals surface area contributed by atoms with Gasteiger partial charge in [0.1, 0.15) is 6.10 Å². The molecule has 1 aromatic rings. The Morgan fingerprint density at radius 3 is 2.56 bits per heavy atom. The number of rotatable bonds is 8. The van der Waals surface area contributed by atoms with Gasteiger partial charge in [-0.3, -0.25) is 0 Å². The van der Waals surface area contributed by atoms with Gasteiger partial charge in [-0.05, 0) is 39.3 Å². The van der Waals surface area contributed by atoms with Gasteiger partial charge in [0, 0.05) is 5.70 Å². The lowest BCUT2D eigenvalue weighted by Gasteiger charge is -2.32. The maximum Gasteiger partial charge on any atom is 0.336 e. The second-order valence-corrected chi connectivity index (χ2v) is 9.09. The Labute approximate surface area is 209 Å². The average molecular weight is 514 g/mol. The van der Waals surface area contributed by atoms with Crippen molar-refractivity contribution < 1.29 is 33.3 Å². The molecule has 10 heteroatoms. The van der Waals surface area contributed by atoms with Crippen LogP contribution in [-0.2, 0) is 33.3 Å². The summed E-state index contributed by atoms with van der Waals surface area (Å²) in [6, 6.07) is 5.05. The summed E-state index contributed by atoms with van der Waals surface area (Å²) in [5, 5.41) is 3.65. The van der Waals surface area contributed by atoms with E-state index in [1.54, 1.807) is 32.0 Å². The maximum absolute atomic E-state index is 13.2. The Balaban J connectivity index is 2.02. The highest BCUT2D eigenvalue weighted by Gasteiger charge is 2.40. The smallest absolute Gasteiger partial charge is 0.336 e. The zero-order valence-electron chi connectivity index (χ0n) is 19.8. The maximum atomic E-state index is 13.2. The third-order valence-electron chi connectivity index (χ3n) is 5.46. The van der Waals surface area contributed by atoms with Gasteiger partial charge in [0.05, 0.1) is 66.3 Å². The zero-order chi connectivity index (χ0) is 25.0. The fraction of sp³-hybridized carbons (Fsp3) is 0.500. The summed E-state index contributed by atoms with van der Waals surface area (Å²) in [5.74, 6) is -2.76. The van der Waals surface area contributed by atoms with E-state index in [2.05, 4.69) is 5.32 Å². The number of halogens is 2. The van der Waals surface area contributed by atoms with Crippen molar-refractivity contribution in [3.05, 3.63) is 56.3 Å². The van der Waals surface area contributed by atoms with Crippen molar-refractivity contribution in [2.45, 2.75) is 45.5 Å². The number of dihydropyridines is 1. The summed E-state index contributed by atoms with van der Waals surface area (Å²) >= 11 is 12.8. The van der Waals surface area contributed by atoms with Gasteiger partial charge in [-0.25, -0.2) is 9.59 Å². The lowest BCUT2D eigenvalue weighted by atomic mass is 9.80.